The maximum absolute atomic E-state index is 15.2. The van der Waals surface area contributed by atoms with E-state index in [2.05, 4.69) is 9.82 Å². The van der Waals surface area contributed by atoms with Gasteiger partial charge in [-0.3, -0.25) is 9.40 Å². The molecule has 1 saturated carbocycles. The molecule has 0 saturated heterocycles. The quantitative estimate of drug-likeness (QED) is 0.459. The van der Waals surface area contributed by atoms with E-state index in [4.69, 9.17) is 0 Å². The van der Waals surface area contributed by atoms with Crippen LogP contribution in [0.3, 0.4) is 0 Å². The smallest absolute Gasteiger partial charge is 0.271 e. The lowest BCUT2D eigenvalue weighted by Crippen LogP contribution is -2.34. The van der Waals surface area contributed by atoms with Crippen molar-refractivity contribution in [1.82, 2.24) is 14.5 Å². The van der Waals surface area contributed by atoms with Gasteiger partial charge in [-0.05, 0) is 69.7 Å². The Balaban J connectivity index is 1.55. The van der Waals surface area contributed by atoms with Crippen LogP contribution in [0.2, 0.25) is 0 Å². The van der Waals surface area contributed by atoms with Crippen LogP contribution in [0.1, 0.15) is 42.6 Å². The molecular weight excluding hydrogens is 410 g/mol. The summed E-state index contributed by atoms with van der Waals surface area (Å²) in [6.45, 7) is 3.96. The Morgan fingerprint density at radius 2 is 1.89 bits per heavy atom. The Morgan fingerprint density at radius 3 is 2.46 bits per heavy atom. The fourth-order valence-corrected chi connectivity index (χ4v) is 5.44. The van der Waals surface area contributed by atoms with Crippen LogP contribution in [0.25, 0.3) is 0 Å². The fraction of sp³-hybridized carbons (Fsp3) is 0.526. The van der Waals surface area contributed by atoms with Crippen LogP contribution in [0.15, 0.2) is 34.1 Å². The summed E-state index contributed by atoms with van der Waals surface area (Å²) < 4.78 is 59.0. The molecule has 3 rings (SSSR count). The topological polar surface area (TPSA) is 29.9 Å². The maximum Gasteiger partial charge on any atom is 0.416 e. The van der Waals surface area contributed by atoms with Crippen molar-refractivity contribution in [3.05, 3.63) is 41.2 Å². The first-order valence-corrected chi connectivity index (χ1v) is 10.7. The number of hydrogen-bond donors (Lipinski definition) is 1. The monoisotopic (exact) mass is 433 g/mol. The van der Waals surface area contributed by atoms with Gasteiger partial charge in [-0.2, -0.15) is 18.3 Å². The van der Waals surface area contributed by atoms with Crippen LogP contribution in [-0.4, -0.2) is 20.8 Å². The van der Waals surface area contributed by atoms with Crippen molar-refractivity contribution in [2.75, 3.05) is 0 Å². The van der Waals surface area contributed by atoms with E-state index < -0.39 is 16.7 Å². The molecule has 1 fully saturated rings. The van der Waals surface area contributed by atoms with E-state index in [-0.39, 0.29) is 6.04 Å². The highest BCUT2D eigenvalue weighted by molar-refractivity contribution is 8.00. The second-order valence-electron chi connectivity index (χ2n) is 7.13. The second-order valence-corrected chi connectivity index (χ2v) is 9.38. The highest BCUT2D eigenvalue weighted by Crippen LogP contribution is 2.46. The van der Waals surface area contributed by atoms with Gasteiger partial charge in [0.25, 0.3) is 0 Å². The van der Waals surface area contributed by atoms with Gasteiger partial charge in [0.1, 0.15) is 0 Å². The molecule has 0 radical (unpaired) electrons. The highest BCUT2D eigenvalue weighted by Gasteiger charge is 2.37. The standard InChI is InChI=1S/C19H23F4N3S2/c1-12-17(13(2)26(3)24-12)28-25-15-7-9-18(20,10-8-15)27-16-6-4-5-14(11-16)19(21,22)23/h4-6,11,15,25H,7-10H2,1-3H3. The Labute approximate surface area is 170 Å². The van der Waals surface area contributed by atoms with Crippen molar-refractivity contribution in [2.45, 2.75) is 66.5 Å². The predicted octanol–water partition coefficient (Wildman–Crippen LogP) is 6.05. The third-order valence-corrected chi connectivity index (χ3v) is 7.47. The van der Waals surface area contributed by atoms with Gasteiger partial charge in [0, 0.05) is 18.0 Å². The Morgan fingerprint density at radius 1 is 1.21 bits per heavy atom. The molecule has 0 spiro atoms. The lowest BCUT2D eigenvalue weighted by atomic mass is 9.94. The van der Waals surface area contributed by atoms with Gasteiger partial charge < -0.3 is 0 Å². The highest BCUT2D eigenvalue weighted by atomic mass is 32.2. The molecule has 0 bridgehead atoms. The number of rotatable bonds is 5. The molecule has 0 unspecified atom stereocenters. The number of alkyl halides is 4. The van der Waals surface area contributed by atoms with Crippen LogP contribution in [-0.2, 0) is 13.2 Å². The van der Waals surface area contributed by atoms with Gasteiger partial charge in [-0.15, -0.1) is 0 Å². The average molecular weight is 434 g/mol. The summed E-state index contributed by atoms with van der Waals surface area (Å²) in [5.41, 5.74) is 1.29. The summed E-state index contributed by atoms with van der Waals surface area (Å²) in [6.07, 6.45) is -2.54. The van der Waals surface area contributed by atoms with Gasteiger partial charge in [-0.1, -0.05) is 17.8 Å². The van der Waals surface area contributed by atoms with E-state index in [1.807, 2.05) is 25.6 Å². The minimum Gasteiger partial charge on any atom is -0.271 e. The number of aryl methyl sites for hydroxylation is 2. The van der Waals surface area contributed by atoms with Crippen LogP contribution < -0.4 is 4.72 Å². The first-order valence-electron chi connectivity index (χ1n) is 9.05. The molecule has 1 N–H and O–H groups in total. The lowest BCUT2D eigenvalue weighted by molar-refractivity contribution is -0.137. The molecule has 28 heavy (non-hydrogen) atoms. The van der Waals surface area contributed by atoms with E-state index in [0.29, 0.717) is 30.6 Å². The molecule has 1 heterocycles. The van der Waals surface area contributed by atoms with E-state index in [9.17, 15) is 13.2 Å². The number of nitrogens with one attached hydrogen (secondary N) is 1. The van der Waals surface area contributed by atoms with E-state index in [1.54, 1.807) is 0 Å². The minimum absolute atomic E-state index is 0.162. The largest absolute Gasteiger partial charge is 0.416 e. The Hall–Kier alpha value is -1.19. The molecule has 9 heteroatoms. The minimum atomic E-state index is -4.42. The average Bonchev–Trinajstić information content (AvgIpc) is 2.86. The fourth-order valence-electron chi connectivity index (χ4n) is 3.26. The third-order valence-electron chi connectivity index (χ3n) is 4.96. The molecule has 1 aromatic heterocycles. The van der Waals surface area contributed by atoms with Crippen molar-refractivity contribution in [3.8, 4) is 0 Å². The molecule has 154 valence electrons. The summed E-state index contributed by atoms with van der Waals surface area (Å²) in [6, 6.07) is 5.07. The van der Waals surface area contributed by atoms with Crippen LogP contribution in [0.5, 0.6) is 0 Å². The molecular formula is C19H23F4N3S2. The summed E-state index contributed by atoms with van der Waals surface area (Å²) >= 11 is 2.43. The summed E-state index contributed by atoms with van der Waals surface area (Å²) in [5, 5.41) is 2.85. The van der Waals surface area contributed by atoms with Crippen molar-refractivity contribution in [3.63, 3.8) is 0 Å². The van der Waals surface area contributed by atoms with Crippen molar-refractivity contribution in [2.24, 2.45) is 7.05 Å². The third kappa shape index (κ3) is 5.04. The van der Waals surface area contributed by atoms with E-state index in [1.165, 1.54) is 24.1 Å². The molecule has 1 aromatic carbocycles. The molecule has 0 amide bonds. The van der Waals surface area contributed by atoms with Gasteiger partial charge in [-0.25, -0.2) is 4.39 Å². The maximum atomic E-state index is 15.2. The van der Waals surface area contributed by atoms with E-state index in [0.717, 1.165) is 40.2 Å². The summed E-state index contributed by atoms with van der Waals surface area (Å²) in [5.74, 6) is 0. The van der Waals surface area contributed by atoms with Gasteiger partial charge in [0.05, 0.1) is 21.8 Å². The normalized spacial score (nSPS) is 23.2. The zero-order valence-electron chi connectivity index (χ0n) is 15.9. The number of aromatic nitrogens is 2. The second kappa shape index (κ2) is 8.28. The first-order chi connectivity index (χ1) is 13.1. The number of halogens is 4. The Bertz CT molecular complexity index is 827. The number of hydrogen-bond acceptors (Lipinski definition) is 4. The van der Waals surface area contributed by atoms with Crippen molar-refractivity contribution < 1.29 is 17.6 Å². The predicted molar refractivity (Wildman–Crippen MR) is 105 cm³/mol. The molecule has 1 aliphatic rings. The van der Waals surface area contributed by atoms with Crippen molar-refractivity contribution >= 4 is 23.7 Å². The first kappa shape index (κ1) is 21.5. The van der Waals surface area contributed by atoms with Crippen molar-refractivity contribution in [1.29, 1.82) is 0 Å². The van der Waals surface area contributed by atoms with Gasteiger partial charge in [0.15, 0.2) is 5.00 Å². The number of benzene rings is 1. The molecule has 0 aliphatic heterocycles. The van der Waals surface area contributed by atoms with Crippen LogP contribution in [0.4, 0.5) is 17.6 Å². The number of thioether (sulfide) groups is 1. The zero-order valence-corrected chi connectivity index (χ0v) is 17.6. The molecule has 3 nitrogen and oxygen atoms in total. The van der Waals surface area contributed by atoms with E-state index >= 15 is 4.39 Å². The Kier molecular flexibility index (Phi) is 6.36. The molecule has 1 aliphatic carbocycles. The van der Waals surface area contributed by atoms with Gasteiger partial charge in [0.2, 0.25) is 0 Å². The van der Waals surface area contributed by atoms with Crippen LogP contribution >= 0.6 is 23.7 Å². The summed E-state index contributed by atoms with van der Waals surface area (Å²) in [7, 11) is 1.90. The number of nitrogens with zero attached hydrogens (tertiary/aromatic N) is 2. The summed E-state index contributed by atoms with van der Waals surface area (Å²) in [4.78, 5) is 1.40. The molecule has 0 atom stereocenters. The van der Waals surface area contributed by atoms with Gasteiger partial charge >= 0.3 is 6.18 Å². The van der Waals surface area contributed by atoms with Crippen LogP contribution in [0, 0.1) is 13.8 Å². The zero-order chi connectivity index (χ0) is 20.5. The SMILES string of the molecule is Cc1nn(C)c(C)c1SNC1CCC(F)(Sc2cccc(C(F)(F)F)c2)CC1. The lowest BCUT2D eigenvalue weighted by Gasteiger charge is -2.33. The molecule has 2 aromatic rings.